The van der Waals surface area contributed by atoms with E-state index in [-0.39, 0.29) is 0 Å². The molecule has 0 amide bonds. The van der Waals surface area contributed by atoms with E-state index in [4.69, 9.17) is 4.74 Å². The van der Waals surface area contributed by atoms with Crippen molar-refractivity contribution in [1.82, 2.24) is 0 Å². The predicted octanol–water partition coefficient (Wildman–Crippen LogP) is 1.99. The second kappa shape index (κ2) is 4.85. The van der Waals surface area contributed by atoms with Crippen LogP contribution in [0, 0.1) is 0 Å². The van der Waals surface area contributed by atoms with Gasteiger partial charge in [-0.3, -0.25) is 0 Å². The monoisotopic (exact) mass is 114 g/mol. The van der Waals surface area contributed by atoms with Gasteiger partial charge in [-0.15, -0.1) is 6.58 Å². The van der Waals surface area contributed by atoms with Gasteiger partial charge in [-0.25, -0.2) is 0 Å². The third-order valence-electron chi connectivity index (χ3n) is 0.858. The first-order valence-electron chi connectivity index (χ1n) is 3.03. The molecule has 0 aromatic heterocycles. The van der Waals surface area contributed by atoms with Gasteiger partial charge in [-0.05, 0) is 13.3 Å². The molecule has 8 heavy (non-hydrogen) atoms. The molecule has 0 aromatic rings. The fourth-order valence-corrected chi connectivity index (χ4v) is 0.304. The van der Waals surface area contributed by atoms with E-state index < -0.39 is 0 Å². The highest BCUT2D eigenvalue weighted by Crippen LogP contribution is 2.10. The van der Waals surface area contributed by atoms with Crippen LogP contribution in [0.4, 0.5) is 0 Å². The second-order valence-corrected chi connectivity index (χ2v) is 1.77. The molecule has 0 saturated carbocycles. The van der Waals surface area contributed by atoms with Crippen molar-refractivity contribution in [2.24, 2.45) is 0 Å². The van der Waals surface area contributed by atoms with Crippen LogP contribution >= 0.6 is 0 Å². The molecule has 0 aliphatic carbocycles. The molecule has 1 atom stereocenters. The minimum atomic E-state index is 0.634. The molecule has 48 valence electrons. The van der Waals surface area contributed by atoms with Gasteiger partial charge in [-0.1, -0.05) is 13.0 Å². The summed E-state index contributed by atoms with van der Waals surface area (Å²) >= 11 is 0. The van der Waals surface area contributed by atoms with Crippen LogP contribution in [0.5, 0.6) is 0 Å². The molecule has 0 bridgehead atoms. The fraction of sp³-hybridized carbons (Fsp3) is 0.714. The lowest BCUT2D eigenvalue weighted by Gasteiger charge is -1.69. The molecule has 0 spiro atoms. The van der Waals surface area contributed by atoms with E-state index in [0.29, 0.717) is 6.10 Å². The Labute approximate surface area is 51.4 Å². The molecule has 1 unspecified atom stereocenters. The maximum atomic E-state index is 4.86. The predicted molar refractivity (Wildman–Crippen MR) is 35.9 cm³/mol. The first kappa shape index (κ1) is 7.70. The minimum absolute atomic E-state index is 0.634. The van der Waals surface area contributed by atoms with Gasteiger partial charge in [0.25, 0.3) is 0 Å². The molecule has 0 N–H and O–H groups in total. The van der Waals surface area contributed by atoms with Gasteiger partial charge in [0.05, 0.1) is 12.7 Å². The van der Waals surface area contributed by atoms with E-state index in [0.717, 1.165) is 6.61 Å². The maximum absolute atomic E-state index is 4.86. The SMILES string of the molecule is C=CC.CCC1CO1. The van der Waals surface area contributed by atoms with Gasteiger partial charge in [0, 0.05) is 0 Å². The van der Waals surface area contributed by atoms with Gasteiger partial charge in [0.1, 0.15) is 0 Å². The van der Waals surface area contributed by atoms with Crippen LogP contribution in [-0.4, -0.2) is 12.7 Å². The molecule has 1 aliphatic heterocycles. The molecule has 1 heteroatoms. The molecule has 1 heterocycles. The zero-order chi connectivity index (χ0) is 6.41. The summed E-state index contributed by atoms with van der Waals surface area (Å²) in [5.74, 6) is 0. The summed E-state index contributed by atoms with van der Waals surface area (Å²) < 4.78 is 4.86. The molecule has 0 aromatic carbocycles. The highest BCUT2D eigenvalue weighted by Gasteiger charge is 2.18. The Morgan fingerprint density at radius 2 is 2.25 bits per heavy atom. The molecule has 1 rings (SSSR count). The first-order chi connectivity index (χ1) is 3.85. The molecule has 1 nitrogen and oxygen atoms in total. The molecule has 1 aliphatic rings. The molecular weight excluding hydrogens is 100 g/mol. The average molecular weight is 114 g/mol. The summed E-state index contributed by atoms with van der Waals surface area (Å²) in [4.78, 5) is 0. The van der Waals surface area contributed by atoms with E-state index in [1.807, 2.05) is 6.92 Å². The van der Waals surface area contributed by atoms with Crippen LogP contribution in [0.3, 0.4) is 0 Å². The molecule has 1 fully saturated rings. The van der Waals surface area contributed by atoms with Crippen LogP contribution in [0.1, 0.15) is 20.3 Å². The van der Waals surface area contributed by atoms with Gasteiger partial charge in [0.2, 0.25) is 0 Å². The standard InChI is InChI=1S/C4H8O.C3H6/c1-2-4-3-5-4;1-3-2/h4H,2-3H2,1H3;3H,1H2,2H3. The number of rotatable bonds is 1. The largest absolute Gasteiger partial charge is 0.373 e. The third kappa shape index (κ3) is 5.70. The summed E-state index contributed by atoms with van der Waals surface area (Å²) in [6.07, 6.45) is 3.58. The lowest BCUT2D eigenvalue weighted by Crippen LogP contribution is -1.73. The number of allylic oxidation sites excluding steroid dienone is 1. The highest BCUT2D eigenvalue weighted by atomic mass is 16.6. The zero-order valence-electron chi connectivity index (χ0n) is 5.68. The Morgan fingerprint density at radius 3 is 2.25 bits per heavy atom. The highest BCUT2D eigenvalue weighted by molar-refractivity contribution is 4.64. The van der Waals surface area contributed by atoms with Crippen LogP contribution < -0.4 is 0 Å². The average Bonchev–Trinajstić information content (AvgIpc) is 2.48. The quantitative estimate of drug-likeness (QED) is 0.375. The summed E-state index contributed by atoms with van der Waals surface area (Å²) in [5.41, 5.74) is 0. The van der Waals surface area contributed by atoms with Crippen molar-refractivity contribution in [3.63, 3.8) is 0 Å². The Kier molecular flexibility index (Phi) is 4.67. The van der Waals surface area contributed by atoms with E-state index in [1.54, 1.807) is 6.08 Å². The van der Waals surface area contributed by atoms with Gasteiger partial charge >= 0.3 is 0 Å². The Balaban J connectivity index is 0.000000145. The Hall–Kier alpha value is -0.300. The van der Waals surface area contributed by atoms with Crippen molar-refractivity contribution >= 4 is 0 Å². The fourth-order valence-electron chi connectivity index (χ4n) is 0.304. The molecule has 0 radical (unpaired) electrons. The van der Waals surface area contributed by atoms with Gasteiger partial charge < -0.3 is 4.74 Å². The Bertz CT molecular complexity index is 55.4. The van der Waals surface area contributed by atoms with E-state index in [1.165, 1.54) is 6.42 Å². The topological polar surface area (TPSA) is 12.5 Å². The Morgan fingerprint density at radius 1 is 1.88 bits per heavy atom. The normalized spacial score (nSPS) is 23.0. The van der Waals surface area contributed by atoms with Crippen molar-refractivity contribution in [1.29, 1.82) is 0 Å². The summed E-state index contributed by atoms with van der Waals surface area (Å²) in [6, 6.07) is 0. The third-order valence-corrected chi connectivity index (χ3v) is 0.858. The van der Waals surface area contributed by atoms with Crippen molar-refractivity contribution in [2.75, 3.05) is 6.61 Å². The smallest absolute Gasteiger partial charge is 0.0807 e. The molecular formula is C7H14O. The lowest BCUT2D eigenvalue weighted by atomic mass is 10.4. The first-order valence-corrected chi connectivity index (χ1v) is 3.03. The van der Waals surface area contributed by atoms with Crippen molar-refractivity contribution in [3.05, 3.63) is 12.7 Å². The molecule has 1 saturated heterocycles. The lowest BCUT2D eigenvalue weighted by molar-refractivity contribution is 0.403. The summed E-state index contributed by atoms with van der Waals surface area (Å²) in [6.45, 7) is 8.40. The van der Waals surface area contributed by atoms with Gasteiger partial charge in [-0.2, -0.15) is 0 Å². The number of ether oxygens (including phenoxy) is 1. The summed E-state index contributed by atoms with van der Waals surface area (Å²) in [5, 5.41) is 0. The van der Waals surface area contributed by atoms with Crippen LogP contribution in [-0.2, 0) is 4.74 Å². The van der Waals surface area contributed by atoms with E-state index >= 15 is 0 Å². The number of hydrogen-bond acceptors (Lipinski definition) is 1. The van der Waals surface area contributed by atoms with Gasteiger partial charge in [0.15, 0.2) is 0 Å². The van der Waals surface area contributed by atoms with Crippen LogP contribution in [0.25, 0.3) is 0 Å². The van der Waals surface area contributed by atoms with Crippen molar-refractivity contribution in [3.8, 4) is 0 Å². The van der Waals surface area contributed by atoms with Crippen molar-refractivity contribution < 1.29 is 4.74 Å². The zero-order valence-corrected chi connectivity index (χ0v) is 5.68. The van der Waals surface area contributed by atoms with Crippen LogP contribution in [0.15, 0.2) is 12.7 Å². The van der Waals surface area contributed by atoms with Crippen molar-refractivity contribution in [2.45, 2.75) is 26.4 Å². The minimum Gasteiger partial charge on any atom is -0.373 e. The number of epoxide rings is 1. The van der Waals surface area contributed by atoms with E-state index in [9.17, 15) is 0 Å². The second-order valence-electron chi connectivity index (χ2n) is 1.77. The van der Waals surface area contributed by atoms with Crippen LogP contribution in [0.2, 0.25) is 0 Å². The summed E-state index contributed by atoms with van der Waals surface area (Å²) in [7, 11) is 0. The van der Waals surface area contributed by atoms with E-state index in [2.05, 4.69) is 13.5 Å². The maximum Gasteiger partial charge on any atom is 0.0807 e. The number of hydrogen-bond donors (Lipinski definition) is 0.